The van der Waals surface area contributed by atoms with Crippen LogP contribution in [-0.2, 0) is 37.0 Å². The van der Waals surface area contributed by atoms with Crippen molar-refractivity contribution in [3.63, 3.8) is 0 Å². The van der Waals surface area contributed by atoms with E-state index >= 15 is 0 Å². The van der Waals surface area contributed by atoms with E-state index in [1.165, 1.54) is 0 Å². The van der Waals surface area contributed by atoms with Gasteiger partial charge in [0, 0.05) is 60.7 Å². The first-order valence-electron chi connectivity index (χ1n) is 17.2. The number of imidazole rings is 2. The molecule has 0 unspecified atom stereocenters. The molecule has 1 aliphatic heterocycles. The lowest BCUT2D eigenvalue weighted by Gasteiger charge is -2.17. The third-order valence-corrected chi connectivity index (χ3v) is 8.82. The Morgan fingerprint density at radius 1 is 0.846 bits per heavy atom. The molecule has 6 heterocycles. The van der Waals surface area contributed by atoms with Crippen molar-refractivity contribution in [1.29, 1.82) is 0 Å². The summed E-state index contributed by atoms with van der Waals surface area (Å²) in [5.41, 5.74) is 6.33. The number of carbonyl (C=O) groups excluding carboxylic acids is 2. The largest absolute Gasteiger partial charge is 0.491 e. The highest BCUT2D eigenvalue weighted by atomic mass is 19.3. The third kappa shape index (κ3) is 7.17. The highest BCUT2D eigenvalue weighted by Crippen LogP contribution is 2.30. The number of carbonyl (C=O) groups is 2. The fourth-order valence-electron chi connectivity index (χ4n) is 6.12. The lowest BCUT2D eigenvalue weighted by Crippen LogP contribution is -2.17. The minimum atomic E-state index is -2.97. The summed E-state index contributed by atoms with van der Waals surface area (Å²) in [5, 5.41) is 9.66. The molecule has 0 fully saturated rings. The maximum absolute atomic E-state index is 13.9. The summed E-state index contributed by atoms with van der Waals surface area (Å²) in [6.45, 7) is 4.22. The lowest BCUT2D eigenvalue weighted by atomic mass is 10.00. The molecule has 6 aromatic rings. The van der Waals surface area contributed by atoms with Crippen LogP contribution in [0.15, 0.2) is 61.3 Å². The first-order chi connectivity index (χ1) is 25.2. The quantitative estimate of drug-likeness (QED) is 0.142. The summed E-state index contributed by atoms with van der Waals surface area (Å²) in [6, 6.07) is 8.97. The molecule has 0 spiro atoms. The van der Waals surface area contributed by atoms with Gasteiger partial charge in [-0.1, -0.05) is 19.9 Å². The molecule has 2 N–H and O–H groups in total. The molecule has 270 valence electrons. The molecular formula is C37H38F2N8O5. The van der Waals surface area contributed by atoms with Gasteiger partial charge in [0.15, 0.2) is 5.69 Å². The number of halogens is 2. The van der Waals surface area contributed by atoms with Crippen LogP contribution < -0.4 is 20.1 Å². The average molecular weight is 713 g/mol. The molecule has 0 aliphatic carbocycles. The van der Waals surface area contributed by atoms with Crippen molar-refractivity contribution in [2.24, 2.45) is 0 Å². The van der Waals surface area contributed by atoms with E-state index < -0.39 is 12.5 Å². The van der Waals surface area contributed by atoms with Crippen molar-refractivity contribution in [2.45, 2.75) is 59.6 Å². The molecule has 0 bridgehead atoms. The predicted molar refractivity (Wildman–Crippen MR) is 189 cm³/mol. The van der Waals surface area contributed by atoms with E-state index in [1.807, 2.05) is 45.3 Å². The van der Waals surface area contributed by atoms with Crippen LogP contribution in [-0.4, -0.2) is 60.2 Å². The van der Waals surface area contributed by atoms with Crippen molar-refractivity contribution in [3.05, 3.63) is 101 Å². The van der Waals surface area contributed by atoms with Gasteiger partial charge in [0.1, 0.15) is 34.2 Å². The van der Waals surface area contributed by atoms with Crippen LogP contribution in [0.5, 0.6) is 11.5 Å². The number of aromatic nitrogens is 6. The van der Waals surface area contributed by atoms with Gasteiger partial charge in [0.05, 0.1) is 37.8 Å². The second-order valence-corrected chi connectivity index (χ2v) is 12.3. The maximum Gasteiger partial charge on any atom is 0.333 e. The number of amides is 2. The van der Waals surface area contributed by atoms with Gasteiger partial charge >= 0.3 is 6.55 Å². The van der Waals surface area contributed by atoms with Gasteiger partial charge in [-0.3, -0.25) is 9.59 Å². The molecule has 52 heavy (non-hydrogen) atoms. The van der Waals surface area contributed by atoms with Gasteiger partial charge in [-0.25, -0.2) is 14.6 Å². The second-order valence-electron chi connectivity index (χ2n) is 12.3. The summed E-state index contributed by atoms with van der Waals surface area (Å²) in [4.78, 5) is 36.2. The van der Waals surface area contributed by atoms with Crippen molar-refractivity contribution in [1.82, 2.24) is 28.5 Å². The highest BCUT2D eigenvalue weighted by Gasteiger charge is 2.23. The summed E-state index contributed by atoms with van der Waals surface area (Å²) in [5.74, 6) is -0.325. The van der Waals surface area contributed by atoms with Crippen molar-refractivity contribution < 1.29 is 32.6 Å². The van der Waals surface area contributed by atoms with Gasteiger partial charge in [-0.2, -0.15) is 13.9 Å². The summed E-state index contributed by atoms with van der Waals surface area (Å²) in [6.07, 6.45) is 10.5. The highest BCUT2D eigenvalue weighted by molar-refractivity contribution is 6.05. The zero-order valence-corrected chi connectivity index (χ0v) is 29.0. The Hall–Kier alpha value is -5.83. The van der Waals surface area contributed by atoms with Crippen LogP contribution in [0.1, 0.15) is 76.2 Å². The number of hydrogen-bond donors (Lipinski definition) is 2. The SMILES string of the molecule is CCOc1cc2nc(CC)cn2cc1NC(=O)c1nn(C(F)F)cc1CCOc1cc2nc(CC)cn2cc1NC(=O)c1ccc2c(c1)COCC2. The topological polar surface area (TPSA) is 138 Å². The predicted octanol–water partition coefficient (Wildman–Crippen LogP) is 6.30. The number of hydrogen-bond acceptors (Lipinski definition) is 8. The molecule has 0 radical (unpaired) electrons. The molecule has 0 saturated carbocycles. The van der Waals surface area contributed by atoms with Crippen LogP contribution >= 0.6 is 0 Å². The summed E-state index contributed by atoms with van der Waals surface area (Å²) < 4.78 is 49.2. The molecule has 13 nitrogen and oxygen atoms in total. The number of aryl methyl sites for hydroxylation is 2. The molecule has 2 amide bonds. The van der Waals surface area contributed by atoms with E-state index in [2.05, 4.69) is 25.7 Å². The van der Waals surface area contributed by atoms with E-state index in [4.69, 9.17) is 14.2 Å². The Morgan fingerprint density at radius 2 is 1.50 bits per heavy atom. The number of anilines is 2. The Labute approximate surface area is 297 Å². The number of ether oxygens (including phenoxy) is 3. The Morgan fingerprint density at radius 3 is 2.13 bits per heavy atom. The molecular weight excluding hydrogens is 674 g/mol. The number of nitrogens with zero attached hydrogens (tertiary/aromatic N) is 6. The fourth-order valence-corrected chi connectivity index (χ4v) is 6.12. The first kappa shape index (κ1) is 34.6. The number of rotatable bonds is 13. The number of alkyl halides is 2. The second kappa shape index (κ2) is 14.8. The van der Waals surface area contributed by atoms with E-state index in [1.54, 1.807) is 39.4 Å². The number of fused-ring (bicyclic) bond motifs is 3. The summed E-state index contributed by atoms with van der Waals surface area (Å²) >= 11 is 0. The average Bonchev–Trinajstić information content (AvgIpc) is 3.88. The van der Waals surface area contributed by atoms with Gasteiger partial charge in [0.2, 0.25) is 0 Å². The van der Waals surface area contributed by atoms with E-state index in [0.29, 0.717) is 70.7 Å². The Balaban J connectivity index is 1.13. The van der Waals surface area contributed by atoms with Crippen LogP contribution in [0, 0.1) is 0 Å². The van der Waals surface area contributed by atoms with Crippen LogP contribution in [0.4, 0.5) is 20.2 Å². The molecule has 15 heteroatoms. The molecule has 7 rings (SSSR count). The third-order valence-electron chi connectivity index (χ3n) is 8.82. The van der Waals surface area contributed by atoms with E-state index in [0.717, 1.165) is 41.6 Å². The normalized spacial score (nSPS) is 12.7. The van der Waals surface area contributed by atoms with E-state index in [-0.39, 0.29) is 30.2 Å². The van der Waals surface area contributed by atoms with Crippen molar-refractivity contribution in [2.75, 3.05) is 30.5 Å². The van der Waals surface area contributed by atoms with Crippen molar-refractivity contribution in [3.8, 4) is 11.5 Å². The van der Waals surface area contributed by atoms with Crippen LogP contribution in [0.25, 0.3) is 11.3 Å². The zero-order valence-electron chi connectivity index (χ0n) is 29.0. The molecule has 1 aromatic carbocycles. The van der Waals surface area contributed by atoms with Crippen molar-refractivity contribution >= 4 is 34.5 Å². The number of nitrogens with one attached hydrogen (secondary N) is 2. The van der Waals surface area contributed by atoms with Crippen LogP contribution in [0.3, 0.4) is 0 Å². The molecule has 5 aromatic heterocycles. The number of pyridine rings is 2. The zero-order chi connectivity index (χ0) is 36.4. The van der Waals surface area contributed by atoms with Gasteiger partial charge in [-0.05, 0) is 49.4 Å². The lowest BCUT2D eigenvalue weighted by molar-refractivity contribution is 0.0560. The van der Waals surface area contributed by atoms with Gasteiger partial charge < -0.3 is 33.6 Å². The monoisotopic (exact) mass is 712 g/mol. The summed E-state index contributed by atoms with van der Waals surface area (Å²) in [7, 11) is 0. The Kier molecular flexibility index (Phi) is 9.85. The maximum atomic E-state index is 13.9. The van der Waals surface area contributed by atoms with E-state index in [9.17, 15) is 18.4 Å². The first-order valence-corrected chi connectivity index (χ1v) is 17.2. The van der Waals surface area contributed by atoms with Gasteiger partial charge in [0.25, 0.3) is 11.8 Å². The standard InChI is InChI=1S/C37H38F2N8O5/c1-4-26-17-45-19-28(30(51-6-3)14-32(45)40-26)43-36(49)34-24(16-47(44-34)37(38)39)10-12-52-31-15-33-41-27(5-2)18-46(33)20-29(31)42-35(48)23-8-7-22-9-11-50-21-25(22)13-23/h7-8,13-20,37H,4-6,9-12,21H2,1-3H3,(H,42,48)(H,43,49). The van der Waals surface area contributed by atoms with Gasteiger partial charge in [-0.15, -0.1) is 0 Å². The Bertz CT molecular complexity index is 2280. The van der Waals surface area contributed by atoms with Crippen LogP contribution in [0.2, 0.25) is 0 Å². The molecule has 1 aliphatic rings. The minimum Gasteiger partial charge on any atom is -0.491 e. The smallest absolute Gasteiger partial charge is 0.333 e. The fraction of sp³-hybridized carbons (Fsp3) is 0.324. The number of benzene rings is 1. The molecule has 0 atom stereocenters. The molecule has 0 saturated heterocycles. The minimum absolute atomic E-state index is 0.0310.